The Balaban J connectivity index is 1.59. The van der Waals surface area contributed by atoms with Crippen LogP contribution in [0, 0.1) is 0 Å². The molecule has 118 valence electrons. The normalized spacial score (nSPS) is 24.1. The van der Waals surface area contributed by atoms with Gasteiger partial charge in [-0.15, -0.1) is 0 Å². The number of carbonyl (C=O) groups is 2. The monoisotopic (exact) mass is 301 g/mol. The maximum Gasteiger partial charge on any atom is 0.249 e. The number of anilines is 1. The van der Waals surface area contributed by atoms with Crippen LogP contribution in [0.3, 0.4) is 0 Å². The number of carbonyl (C=O) groups excluding carboxylic acids is 2. The molecule has 2 aliphatic rings. The van der Waals surface area contributed by atoms with E-state index in [2.05, 4.69) is 34.7 Å². The van der Waals surface area contributed by atoms with Crippen LogP contribution in [-0.2, 0) is 9.59 Å². The van der Waals surface area contributed by atoms with Crippen molar-refractivity contribution in [1.29, 1.82) is 0 Å². The van der Waals surface area contributed by atoms with Gasteiger partial charge in [-0.3, -0.25) is 14.9 Å². The number of hydrogen-bond acceptors (Lipinski definition) is 4. The van der Waals surface area contributed by atoms with Gasteiger partial charge in [-0.05, 0) is 63.0 Å². The van der Waals surface area contributed by atoms with Gasteiger partial charge in [-0.2, -0.15) is 0 Å². The Morgan fingerprint density at radius 1 is 1.09 bits per heavy atom. The van der Waals surface area contributed by atoms with Gasteiger partial charge in [-0.1, -0.05) is 12.1 Å². The maximum absolute atomic E-state index is 11.8. The SMILES string of the molecule is CN1CCC(c2ccc(NC3CCC(=O)NC3=O)cc2)CC1. The molecule has 0 saturated carbocycles. The van der Waals surface area contributed by atoms with Crippen LogP contribution >= 0.6 is 0 Å². The predicted octanol–water partition coefficient (Wildman–Crippen LogP) is 1.71. The molecule has 2 N–H and O–H groups in total. The van der Waals surface area contributed by atoms with Crippen molar-refractivity contribution in [1.82, 2.24) is 10.2 Å². The molecule has 2 fully saturated rings. The zero-order valence-electron chi connectivity index (χ0n) is 13.0. The summed E-state index contributed by atoms with van der Waals surface area (Å²) in [6, 6.07) is 8.08. The number of piperidine rings is 2. The number of nitrogens with one attached hydrogen (secondary N) is 2. The molecule has 2 amide bonds. The molecular weight excluding hydrogens is 278 g/mol. The molecule has 1 aromatic carbocycles. The van der Waals surface area contributed by atoms with Crippen molar-refractivity contribution in [3.8, 4) is 0 Å². The van der Waals surface area contributed by atoms with Gasteiger partial charge in [0.1, 0.15) is 6.04 Å². The maximum atomic E-state index is 11.8. The number of benzene rings is 1. The number of imide groups is 1. The molecule has 1 unspecified atom stereocenters. The third-order valence-electron chi connectivity index (χ3n) is 4.68. The first-order valence-electron chi connectivity index (χ1n) is 8.00. The van der Waals surface area contributed by atoms with Gasteiger partial charge in [0, 0.05) is 12.1 Å². The van der Waals surface area contributed by atoms with Crippen LogP contribution in [0.5, 0.6) is 0 Å². The lowest BCUT2D eigenvalue weighted by atomic mass is 9.89. The molecule has 0 bridgehead atoms. The topological polar surface area (TPSA) is 61.4 Å². The van der Waals surface area contributed by atoms with E-state index in [4.69, 9.17) is 0 Å². The summed E-state index contributed by atoms with van der Waals surface area (Å²) in [4.78, 5) is 25.3. The van der Waals surface area contributed by atoms with Gasteiger partial charge < -0.3 is 10.2 Å². The summed E-state index contributed by atoms with van der Waals surface area (Å²) in [6.07, 6.45) is 3.37. The summed E-state index contributed by atoms with van der Waals surface area (Å²) in [7, 11) is 2.17. The van der Waals surface area contributed by atoms with Crippen LogP contribution in [0.4, 0.5) is 5.69 Å². The van der Waals surface area contributed by atoms with Crippen molar-refractivity contribution in [2.24, 2.45) is 0 Å². The fraction of sp³-hybridized carbons (Fsp3) is 0.529. The molecular formula is C17H23N3O2. The summed E-state index contributed by atoms with van der Waals surface area (Å²) in [5.41, 5.74) is 2.31. The molecule has 5 nitrogen and oxygen atoms in total. The van der Waals surface area contributed by atoms with E-state index >= 15 is 0 Å². The summed E-state index contributed by atoms with van der Waals surface area (Å²) in [5.74, 6) is 0.233. The van der Waals surface area contributed by atoms with Gasteiger partial charge >= 0.3 is 0 Å². The standard InChI is InChI=1S/C17H23N3O2/c1-20-10-8-13(9-11-20)12-2-4-14(5-3-12)18-15-6-7-16(21)19-17(15)22/h2-5,13,15,18H,6-11H2,1H3,(H,19,21,22). The highest BCUT2D eigenvalue weighted by Gasteiger charge is 2.26. The zero-order valence-corrected chi connectivity index (χ0v) is 13.0. The van der Waals surface area contributed by atoms with Gasteiger partial charge in [0.05, 0.1) is 0 Å². The Labute approximate surface area is 131 Å². The molecule has 0 aromatic heterocycles. The first-order valence-corrected chi connectivity index (χ1v) is 8.00. The smallest absolute Gasteiger partial charge is 0.249 e. The molecule has 2 saturated heterocycles. The number of likely N-dealkylation sites (tertiary alicyclic amines) is 1. The van der Waals surface area contributed by atoms with E-state index in [9.17, 15) is 9.59 Å². The van der Waals surface area contributed by atoms with Crippen LogP contribution < -0.4 is 10.6 Å². The van der Waals surface area contributed by atoms with E-state index in [-0.39, 0.29) is 17.9 Å². The third-order valence-corrected chi connectivity index (χ3v) is 4.68. The molecule has 1 atom stereocenters. The number of nitrogens with zero attached hydrogens (tertiary/aromatic N) is 1. The minimum atomic E-state index is -0.313. The van der Waals surface area contributed by atoms with Gasteiger partial charge in [0.2, 0.25) is 11.8 Å². The second kappa shape index (κ2) is 6.48. The fourth-order valence-corrected chi connectivity index (χ4v) is 3.23. The van der Waals surface area contributed by atoms with E-state index in [1.165, 1.54) is 18.4 Å². The minimum absolute atomic E-state index is 0.180. The van der Waals surface area contributed by atoms with Crippen LogP contribution in [0.15, 0.2) is 24.3 Å². The van der Waals surface area contributed by atoms with Crippen molar-refractivity contribution in [3.63, 3.8) is 0 Å². The second-order valence-electron chi connectivity index (χ2n) is 6.35. The summed E-state index contributed by atoms with van der Waals surface area (Å²) in [5, 5.41) is 5.59. The Hall–Kier alpha value is -1.88. The van der Waals surface area contributed by atoms with Gasteiger partial charge in [0.15, 0.2) is 0 Å². The fourth-order valence-electron chi connectivity index (χ4n) is 3.23. The van der Waals surface area contributed by atoms with Crippen molar-refractivity contribution < 1.29 is 9.59 Å². The first-order chi connectivity index (χ1) is 10.6. The lowest BCUT2D eigenvalue weighted by Gasteiger charge is -2.29. The van der Waals surface area contributed by atoms with Crippen molar-refractivity contribution in [3.05, 3.63) is 29.8 Å². The van der Waals surface area contributed by atoms with Crippen LogP contribution in [-0.4, -0.2) is 42.9 Å². The molecule has 0 spiro atoms. The molecule has 1 aromatic rings. The molecule has 3 rings (SSSR count). The molecule has 2 aliphatic heterocycles. The molecule has 2 heterocycles. The predicted molar refractivity (Wildman–Crippen MR) is 85.7 cm³/mol. The van der Waals surface area contributed by atoms with E-state index in [1.54, 1.807) is 0 Å². The van der Waals surface area contributed by atoms with Crippen molar-refractivity contribution >= 4 is 17.5 Å². The summed E-state index contributed by atoms with van der Waals surface area (Å²) >= 11 is 0. The molecule has 22 heavy (non-hydrogen) atoms. The van der Waals surface area contributed by atoms with Gasteiger partial charge in [-0.25, -0.2) is 0 Å². The average molecular weight is 301 g/mol. The molecule has 0 radical (unpaired) electrons. The highest BCUT2D eigenvalue weighted by atomic mass is 16.2. The summed E-state index contributed by atoms with van der Waals surface area (Å²) in [6.45, 7) is 2.31. The average Bonchev–Trinajstić information content (AvgIpc) is 2.52. The van der Waals surface area contributed by atoms with E-state index in [1.807, 2.05) is 12.1 Å². The van der Waals surface area contributed by atoms with E-state index < -0.39 is 0 Å². The Morgan fingerprint density at radius 2 is 1.77 bits per heavy atom. The van der Waals surface area contributed by atoms with E-state index in [0.717, 1.165) is 18.8 Å². The minimum Gasteiger partial charge on any atom is -0.374 e. The third kappa shape index (κ3) is 3.47. The van der Waals surface area contributed by atoms with Crippen molar-refractivity contribution in [2.75, 3.05) is 25.5 Å². The van der Waals surface area contributed by atoms with Crippen LogP contribution in [0.25, 0.3) is 0 Å². The highest BCUT2D eigenvalue weighted by molar-refractivity contribution is 6.01. The van der Waals surface area contributed by atoms with Crippen molar-refractivity contribution in [2.45, 2.75) is 37.6 Å². The van der Waals surface area contributed by atoms with E-state index in [0.29, 0.717) is 18.8 Å². The Kier molecular flexibility index (Phi) is 4.43. The second-order valence-corrected chi connectivity index (χ2v) is 6.35. The Morgan fingerprint density at radius 3 is 2.41 bits per heavy atom. The lowest BCUT2D eigenvalue weighted by molar-refractivity contribution is -0.133. The first kappa shape index (κ1) is 15.0. The number of hydrogen-bond donors (Lipinski definition) is 2. The van der Waals surface area contributed by atoms with Crippen LogP contribution in [0.2, 0.25) is 0 Å². The quantitative estimate of drug-likeness (QED) is 0.835. The largest absolute Gasteiger partial charge is 0.374 e. The highest BCUT2D eigenvalue weighted by Crippen LogP contribution is 2.28. The summed E-state index contributed by atoms with van der Waals surface area (Å²) < 4.78 is 0. The van der Waals surface area contributed by atoms with Crippen LogP contribution in [0.1, 0.15) is 37.2 Å². The lowest BCUT2D eigenvalue weighted by Crippen LogP contribution is -2.47. The number of rotatable bonds is 3. The number of amides is 2. The Bertz CT molecular complexity index is 548. The van der Waals surface area contributed by atoms with Gasteiger partial charge in [0.25, 0.3) is 0 Å². The molecule has 5 heteroatoms. The molecule has 0 aliphatic carbocycles. The zero-order chi connectivity index (χ0) is 15.5.